The van der Waals surface area contributed by atoms with Crippen LogP contribution in [-0.2, 0) is 0 Å². The van der Waals surface area contributed by atoms with Gasteiger partial charge in [-0.1, -0.05) is 12.1 Å². The van der Waals surface area contributed by atoms with E-state index in [9.17, 15) is 9.90 Å². The van der Waals surface area contributed by atoms with E-state index < -0.39 is 0 Å². The van der Waals surface area contributed by atoms with Gasteiger partial charge in [-0.05, 0) is 52.9 Å². The third-order valence-electron chi connectivity index (χ3n) is 2.72. The Morgan fingerprint density at radius 3 is 2.81 bits per heavy atom. The first kappa shape index (κ1) is 15.3. The number of hydrogen-bond donors (Lipinski definition) is 2. The zero-order chi connectivity index (χ0) is 15.2. The fourth-order valence-corrected chi connectivity index (χ4v) is 2.18. The van der Waals surface area contributed by atoms with E-state index in [1.165, 1.54) is 6.21 Å². The van der Waals surface area contributed by atoms with Crippen LogP contribution in [0.2, 0.25) is 0 Å². The number of phenolic OH excluding ortho intramolecular Hbond substituents is 1. The van der Waals surface area contributed by atoms with Crippen LogP contribution in [0.3, 0.4) is 0 Å². The molecule has 0 fully saturated rings. The van der Waals surface area contributed by atoms with Gasteiger partial charge in [0.25, 0.3) is 5.91 Å². The fourth-order valence-electron chi connectivity index (χ4n) is 1.62. The second kappa shape index (κ2) is 7.07. The molecule has 0 atom stereocenters. The van der Waals surface area contributed by atoms with Gasteiger partial charge < -0.3 is 9.84 Å². The molecule has 2 rings (SSSR count). The van der Waals surface area contributed by atoms with Crippen molar-refractivity contribution in [3.8, 4) is 11.5 Å². The average molecular weight is 396 g/mol. The summed E-state index contributed by atoms with van der Waals surface area (Å²) in [5.74, 6) is 0.385. The van der Waals surface area contributed by atoms with Gasteiger partial charge in [-0.15, -0.1) is 0 Å². The summed E-state index contributed by atoms with van der Waals surface area (Å²) in [5, 5.41) is 13.4. The van der Waals surface area contributed by atoms with E-state index in [-0.39, 0.29) is 11.7 Å². The molecule has 0 radical (unpaired) electrons. The van der Waals surface area contributed by atoms with Crippen molar-refractivity contribution < 1.29 is 14.6 Å². The average Bonchev–Trinajstić information content (AvgIpc) is 2.49. The van der Waals surface area contributed by atoms with Gasteiger partial charge in [-0.25, -0.2) is 5.43 Å². The van der Waals surface area contributed by atoms with E-state index >= 15 is 0 Å². The van der Waals surface area contributed by atoms with E-state index in [1.54, 1.807) is 49.6 Å². The van der Waals surface area contributed by atoms with Crippen molar-refractivity contribution >= 4 is 34.7 Å². The molecule has 0 aliphatic carbocycles. The van der Waals surface area contributed by atoms with Crippen LogP contribution in [-0.4, -0.2) is 24.3 Å². The Morgan fingerprint density at radius 1 is 1.33 bits per heavy atom. The Hall–Kier alpha value is -2.09. The van der Waals surface area contributed by atoms with E-state index in [0.717, 1.165) is 3.57 Å². The molecule has 0 spiro atoms. The number of aromatic hydroxyl groups is 1. The number of phenols is 1. The second-order valence-electron chi connectivity index (χ2n) is 4.11. The third-order valence-corrected chi connectivity index (χ3v) is 3.61. The number of benzene rings is 2. The van der Waals surface area contributed by atoms with Crippen LogP contribution in [0.5, 0.6) is 11.5 Å². The number of para-hydroxylation sites is 1. The first-order valence-electron chi connectivity index (χ1n) is 6.06. The highest BCUT2D eigenvalue weighted by atomic mass is 127. The molecular weight excluding hydrogens is 383 g/mol. The predicted molar refractivity (Wildman–Crippen MR) is 88.9 cm³/mol. The number of methoxy groups -OCH3 is 1. The number of carbonyl (C=O) groups excluding carboxylic acids is 1. The molecule has 21 heavy (non-hydrogen) atoms. The maximum Gasteiger partial charge on any atom is 0.271 e. The summed E-state index contributed by atoms with van der Waals surface area (Å²) in [6.45, 7) is 0. The SMILES string of the molecule is COc1cc(C(=O)NN=Cc2ccccc2O)ccc1I. The molecule has 0 saturated carbocycles. The van der Waals surface area contributed by atoms with Crippen molar-refractivity contribution in [2.45, 2.75) is 0 Å². The summed E-state index contributed by atoms with van der Waals surface area (Å²) in [6, 6.07) is 11.9. The molecule has 1 amide bonds. The second-order valence-corrected chi connectivity index (χ2v) is 5.27. The van der Waals surface area contributed by atoms with Crippen molar-refractivity contribution in [1.82, 2.24) is 5.43 Å². The molecule has 0 saturated heterocycles. The highest BCUT2D eigenvalue weighted by Crippen LogP contribution is 2.21. The largest absolute Gasteiger partial charge is 0.507 e. The van der Waals surface area contributed by atoms with Crippen LogP contribution in [0, 0.1) is 3.57 Å². The lowest BCUT2D eigenvalue weighted by molar-refractivity contribution is 0.0954. The molecule has 0 aromatic heterocycles. The van der Waals surface area contributed by atoms with Gasteiger partial charge in [-0.3, -0.25) is 4.79 Å². The van der Waals surface area contributed by atoms with Gasteiger partial charge in [0.05, 0.1) is 16.9 Å². The minimum atomic E-state index is -0.351. The minimum absolute atomic E-state index is 0.103. The first-order chi connectivity index (χ1) is 10.1. The standard InChI is InChI=1S/C15H13IN2O3/c1-21-14-8-10(6-7-12(14)16)15(20)18-17-9-11-4-2-3-5-13(11)19/h2-9,19H,1H3,(H,18,20). The van der Waals surface area contributed by atoms with Crippen LogP contribution in [0.4, 0.5) is 0 Å². The number of hydrazone groups is 1. The van der Waals surface area contributed by atoms with Gasteiger partial charge in [0, 0.05) is 11.1 Å². The molecule has 0 heterocycles. The van der Waals surface area contributed by atoms with Crippen molar-refractivity contribution in [2.75, 3.05) is 7.11 Å². The first-order valence-corrected chi connectivity index (χ1v) is 7.14. The molecule has 0 aliphatic heterocycles. The number of nitrogens with one attached hydrogen (secondary N) is 1. The third kappa shape index (κ3) is 3.94. The van der Waals surface area contributed by atoms with Crippen LogP contribution in [0.1, 0.15) is 15.9 Å². The zero-order valence-corrected chi connectivity index (χ0v) is 13.4. The summed E-state index contributed by atoms with van der Waals surface area (Å²) in [4.78, 5) is 12.0. The Labute approximate surface area is 135 Å². The zero-order valence-electron chi connectivity index (χ0n) is 11.2. The van der Waals surface area contributed by atoms with Gasteiger partial charge in [-0.2, -0.15) is 5.10 Å². The van der Waals surface area contributed by atoms with E-state index in [0.29, 0.717) is 16.9 Å². The van der Waals surface area contributed by atoms with Crippen LogP contribution in [0.15, 0.2) is 47.6 Å². The van der Waals surface area contributed by atoms with Crippen molar-refractivity contribution in [2.24, 2.45) is 5.10 Å². The molecule has 0 bridgehead atoms. The molecule has 5 nitrogen and oxygen atoms in total. The lowest BCUT2D eigenvalue weighted by Gasteiger charge is -2.05. The van der Waals surface area contributed by atoms with E-state index in [4.69, 9.17) is 4.74 Å². The van der Waals surface area contributed by atoms with E-state index in [2.05, 4.69) is 33.1 Å². The Morgan fingerprint density at radius 2 is 2.10 bits per heavy atom. The van der Waals surface area contributed by atoms with Crippen molar-refractivity contribution in [1.29, 1.82) is 0 Å². The Balaban J connectivity index is 2.07. The molecule has 2 aromatic rings. The van der Waals surface area contributed by atoms with Gasteiger partial charge >= 0.3 is 0 Å². The topological polar surface area (TPSA) is 70.9 Å². The van der Waals surface area contributed by atoms with Crippen LogP contribution in [0.25, 0.3) is 0 Å². The van der Waals surface area contributed by atoms with Crippen molar-refractivity contribution in [3.63, 3.8) is 0 Å². The molecule has 0 unspecified atom stereocenters. The molecular formula is C15H13IN2O3. The maximum atomic E-state index is 12.0. The predicted octanol–water partition coefficient (Wildman–Crippen LogP) is 2.77. The van der Waals surface area contributed by atoms with Gasteiger partial charge in [0.15, 0.2) is 0 Å². The number of amides is 1. The highest BCUT2D eigenvalue weighted by Gasteiger charge is 2.08. The fraction of sp³-hybridized carbons (Fsp3) is 0.0667. The smallest absolute Gasteiger partial charge is 0.271 e. The monoisotopic (exact) mass is 396 g/mol. The Bertz CT molecular complexity index is 686. The number of carbonyl (C=O) groups is 1. The van der Waals surface area contributed by atoms with E-state index in [1.807, 2.05) is 0 Å². The summed E-state index contributed by atoms with van der Waals surface area (Å²) < 4.78 is 6.09. The number of halogens is 1. The van der Waals surface area contributed by atoms with Gasteiger partial charge in [0.2, 0.25) is 0 Å². The van der Waals surface area contributed by atoms with Gasteiger partial charge in [0.1, 0.15) is 11.5 Å². The number of hydrogen-bond acceptors (Lipinski definition) is 4. The maximum absolute atomic E-state index is 12.0. The highest BCUT2D eigenvalue weighted by molar-refractivity contribution is 14.1. The quantitative estimate of drug-likeness (QED) is 0.475. The lowest BCUT2D eigenvalue weighted by atomic mass is 10.2. The molecule has 108 valence electrons. The molecule has 6 heteroatoms. The summed E-state index contributed by atoms with van der Waals surface area (Å²) in [5.41, 5.74) is 3.38. The molecule has 2 aromatic carbocycles. The summed E-state index contributed by atoms with van der Waals surface area (Å²) in [7, 11) is 1.55. The molecule has 2 N–H and O–H groups in total. The molecule has 0 aliphatic rings. The Kier molecular flexibility index (Phi) is 5.15. The van der Waals surface area contributed by atoms with Crippen molar-refractivity contribution in [3.05, 3.63) is 57.2 Å². The number of ether oxygens (including phenoxy) is 1. The van der Waals surface area contributed by atoms with Crippen LogP contribution < -0.4 is 10.2 Å². The number of nitrogens with zero attached hydrogens (tertiary/aromatic N) is 1. The normalized spacial score (nSPS) is 10.6. The summed E-state index contributed by atoms with van der Waals surface area (Å²) >= 11 is 2.13. The lowest BCUT2D eigenvalue weighted by Crippen LogP contribution is -2.17. The summed E-state index contributed by atoms with van der Waals surface area (Å²) in [6.07, 6.45) is 1.39. The minimum Gasteiger partial charge on any atom is -0.507 e. The number of rotatable bonds is 4. The van der Waals surface area contributed by atoms with Crippen LogP contribution >= 0.6 is 22.6 Å².